The fourth-order valence-electron chi connectivity index (χ4n) is 4.21. The van der Waals surface area contributed by atoms with Gasteiger partial charge in [0.25, 0.3) is 11.5 Å². The minimum atomic E-state index is -0.349. The van der Waals surface area contributed by atoms with Crippen molar-refractivity contribution in [3.63, 3.8) is 0 Å². The summed E-state index contributed by atoms with van der Waals surface area (Å²) in [4.78, 5) is 44.3. The van der Waals surface area contributed by atoms with Crippen molar-refractivity contribution >= 4 is 34.1 Å². The number of carbonyl (C=O) groups is 2. The third kappa shape index (κ3) is 3.89. The average Bonchev–Trinajstić information content (AvgIpc) is 3.25. The summed E-state index contributed by atoms with van der Waals surface area (Å²) < 4.78 is 1.29. The van der Waals surface area contributed by atoms with Crippen molar-refractivity contribution in [3.05, 3.63) is 100 Å². The van der Waals surface area contributed by atoms with Crippen LogP contribution in [-0.4, -0.2) is 27.9 Å². The second-order valence-electron chi connectivity index (χ2n) is 8.11. The van der Waals surface area contributed by atoms with Gasteiger partial charge in [-0.1, -0.05) is 30.3 Å². The van der Waals surface area contributed by atoms with Crippen LogP contribution < -0.4 is 15.8 Å². The molecule has 0 aliphatic carbocycles. The zero-order valence-corrected chi connectivity index (χ0v) is 18.1. The Morgan fingerprint density at radius 2 is 1.79 bits per heavy atom. The van der Waals surface area contributed by atoms with Crippen LogP contribution >= 0.6 is 0 Å². The number of para-hydroxylation sites is 2. The van der Waals surface area contributed by atoms with Gasteiger partial charge in [0.05, 0.1) is 17.2 Å². The van der Waals surface area contributed by atoms with Gasteiger partial charge in [-0.2, -0.15) is 0 Å². The van der Waals surface area contributed by atoms with E-state index in [-0.39, 0.29) is 23.9 Å². The molecule has 1 aliphatic rings. The Labute approximate surface area is 190 Å². The molecule has 1 N–H and O–H groups in total. The molecular weight excluding hydrogens is 416 g/mol. The summed E-state index contributed by atoms with van der Waals surface area (Å²) in [7, 11) is 0. The first-order valence-corrected chi connectivity index (χ1v) is 10.8. The monoisotopic (exact) mass is 438 g/mol. The highest BCUT2D eigenvalue weighted by Crippen LogP contribution is 2.29. The molecule has 0 bridgehead atoms. The molecule has 0 saturated heterocycles. The van der Waals surface area contributed by atoms with Crippen molar-refractivity contribution in [1.82, 2.24) is 9.55 Å². The highest BCUT2D eigenvalue weighted by atomic mass is 16.2. The van der Waals surface area contributed by atoms with E-state index in [4.69, 9.17) is 0 Å². The number of aryl methyl sites for hydroxylation is 1. The summed E-state index contributed by atoms with van der Waals surface area (Å²) in [5.41, 5.74) is 4.51. The predicted molar refractivity (Wildman–Crippen MR) is 128 cm³/mol. The number of nitrogens with one attached hydrogen (secondary N) is 1. The smallest absolute Gasteiger partial charge is 0.261 e. The summed E-state index contributed by atoms with van der Waals surface area (Å²) >= 11 is 0. The second kappa shape index (κ2) is 8.35. The number of rotatable bonds is 4. The van der Waals surface area contributed by atoms with Gasteiger partial charge < -0.3 is 10.2 Å². The van der Waals surface area contributed by atoms with Gasteiger partial charge in [0.15, 0.2) is 0 Å². The van der Waals surface area contributed by atoms with Gasteiger partial charge in [0.2, 0.25) is 5.91 Å². The lowest BCUT2D eigenvalue weighted by Gasteiger charge is -2.17. The van der Waals surface area contributed by atoms with Crippen molar-refractivity contribution in [2.75, 3.05) is 16.8 Å². The van der Waals surface area contributed by atoms with E-state index >= 15 is 0 Å². The number of anilines is 2. The van der Waals surface area contributed by atoms with Crippen LogP contribution in [0.5, 0.6) is 0 Å². The van der Waals surface area contributed by atoms with Crippen LogP contribution in [0.25, 0.3) is 10.9 Å². The predicted octanol–water partition coefficient (Wildman–Crippen LogP) is 3.55. The number of nitrogens with zero attached hydrogens (tertiary/aromatic N) is 3. The lowest BCUT2D eigenvalue weighted by atomic mass is 10.1. The van der Waals surface area contributed by atoms with Gasteiger partial charge in [-0.3, -0.25) is 19.0 Å². The van der Waals surface area contributed by atoms with Gasteiger partial charge in [-0.15, -0.1) is 0 Å². The van der Waals surface area contributed by atoms with Crippen LogP contribution in [-0.2, 0) is 17.8 Å². The molecule has 0 atom stereocenters. The van der Waals surface area contributed by atoms with Gasteiger partial charge in [0.1, 0.15) is 6.54 Å². The van der Waals surface area contributed by atoms with Crippen LogP contribution in [0.1, 0.15) is 21.5 Å². The number of hydrogen-bond donors (Lipinski definition) is 1. The molecule has 5 rings (SSSR count). The molecule has 1 aliphatic heterocycles. The molecule has 0 fully saturated rings. The van der Waals surface area contributed by atoms with Crippen molar-refractivity contribution < 1.29 is 9.59 Å². The first kappa shape index (κ1) is 20.6. The normalized spacial score (nSPS) is 12.6. The molecule has 2 amide bonds. The Morgan fingerprint density at radius 1 is 1.00 bits per heavy atom. The highest BCUT2D eigenvalue weighted by Gasteiger charge is 2.25. The molecule has 1 aromatic heterocycles. The van der Waals surface area contributed by atoms with Crippen LogP contribution in [0.15, 0.2) is 77.9 Å². The summed E-state index contributed by atoms with van der Waals surface area (Å²) in [5.74, 6) is -0.416. The first-order chi connectivity index (χ1) is 16.0. The molecule has 7 nitrogen and oxygen atoms in total. The van der Waals surface area contributed by atoms with E-state index in [1.807, 2.05) is 37.3 Å². The van der Waals surface area contributed by atoms with Crippen LogP contribution in [0.3, 0.4) is 0 Å². The highest BCUT2D eigenvalue weighted by molar-refractivity contribution is 6.07. The van der Waals surface area contributed by atoms with E-state index in [0.29, 0.717) is 28.7 Å². The molecule has 4 aromatic rings. The summed E-state index contributed by atoms with van der Waals surface area (Å²) in [6.45, 7) is 2.40. The second-order valence-corrected chi connectivity index (χ2v) is 8.11. The van der Waals surface area contributed by atoms with Gasteiger partial charge in [-0.25, -0.2) is 4.98 Å². The number of carbonyl (C=O) groups excluding carboxylic acids is 2. The lowest BCUT2D eigenvalue weighted by molar-refractivity contribution is -0.116. The maximum Gasteiger partial charge on any atom is 0.261 e. The molecule has 2 heterocycles. The average molecular weight is 438 g/mol. The minimum absolute atomic E-state index is 0.0677. The Morgan fingerprint density at radius 3 is 2.61 bits per heavy atom. The molecule has 7 heteroatoms. The Bertz CT molecular complexity index is 1440. The lowest BCUT2D eigenvalue weighted by Crippen LogP contribution is -2.29. The van der Waals surface area contributed by atoms with Crippen molar-refractivity contribution in [2.24, 2.45) is 0 Å². The molecule has 0 spiro atoms. The van der Waals surface area contributed by atoms with E-state index in [9.17, 15) is 14.4 Å². The molecule has 33 heavy (non-hydrogen) atoms. The Balaban J connectivity index is 1.28. The standard InChI is InChI=1S/C26H22N4O3/c1-17-5-4-7-21-24(17)27-16-29(26(21)33)15-23(31)28-20-11-9-19(10-12-20)25(32)30-14-13-18-6-2-3-8-22(18)30/h2-12,16H,13-15H2,1H3,(H,28,31). The molecule has 164 valence electrons. The topological polar surface area (TPSA) is 84.3 Å². The maximum atomic E-state index is 12.9. The van der Waals surface area contributed by atoms with Crippen molar-refractivity contribution in [2.45, 2.75) is 19.9 Å². The molecular formula is C26H22N4O3. The van der Waals surface area contributed by atoms with E-state index in [1.54, 1.807) is 41.3 Å². The van der Waals surface area contributed by atoms with E-state index < -0.39 is 0 Å². The van der Waals surface area contributed by atoms with E-state index in [1.165, 1.54) is 16.5 Å². The zero-order valence-electron chi connectivity index (χ0n) is 18.1. The third-order valence-electron chi connectivity index (χ3n) is 5.92. The Kier molecular flexibility index (Phi) is 5.22. The largest absolute Gasteiger partial charge is 0.325 e. The Hall–Kier alpha value is -4.26. The minimum Gasteiger partial charge on any atom is -0.325 e. The van der Waals surface area contributed by atoms with Gasteiger partial charge in [-0.05, 0) is 60.9 Å². The fraction of sp³-hybridized carbons (Fsp3) is 0.154. The number of benzene rings is 3. The first-order valence-electron chi connectivity index (χ1n) is 10.8. The molecule has 0 unspecified atom stereocenters. The fourth-order valence-corrected chi connectivity index (χ4v) is 4.21. The van der Waals surface area contributed by atoms with E-state index in [2.05, 4.69) is 10.3 Å². The number of hydrogen-bond acceptors (Lipinski definition) is 4. The van der Waals surface area contributed by atoms with Crippen LogP contribution in [0.4, 0.5) is 11.4 Å². The summed E-state index contributed by atoms with van der Waals surface area (Å²) in [5, 5.41) is 3.26. The van der Waals surface area contributed by atoms with Crippen LogP contribution in [0, 0.1) is 6.92 Å². The quantitative estimate of drug-likeness (QED) is 0.528. The maximum absolute atomic E-state index is 12.9. The summed E-state index contributed by atoms with van der Waals surface area (Å²) in [6, 6.07) is 20.1. The SMILES string of the molecule is Cc1cccc2c(=O)n(CC(=O)Nc3ccc(C(=O)N4CCc5ccccc54)cc3)cnc12. The zero-order chi connectivity index (χ0) is 22.9. The van der Waals surface area contributed by atoms with Crippen molar-refractivity contribution in [3.8, 4) is 0 Å². The summed E-state index contributed by atoms with van der Waals surface area (Å²) in [6.07, 6.45) is 2.24. The number of amides is 2. The molecule has 0 saturated carbocycles. The number of fused-ring (bicyclic) bond motifs is 2. The van der Waals surface area contributed by atoms with Crippen LogP contribution in [0.2, 0.25) is 0 Å². The van der Waals surface area contributed by atoms with E-state index in [0.717, 1.165) is 17.7 Å². The molecule has 3 aromatic carbocycles. The van der Waals surface area contributed by atoms with Crippen molar-refractivity contribution in [1.29, 1.82) is 0 Å². The van der Waals surface area contributed by atoms with Gasteiger partial charge in [0, 0.05) is 23.5 Å². The number of aromatic nitrogens is 2. The third-order valence-corrected chi connectivity index (χ3v) is 5.92. The molecule has 0 radical (unpaired) electrons. The van der Waals surface area contributed by atoms with Gasteiger partial charge >= 0.3 is 0 Å².